The Morgan fingerprint density at radius 2 is 2.05 bits per heavy atom. The van der Waals surface area contributed by atoms with E-state index in [9.17, 15) is 4.79 Å². The molecule has 0 bridgehead atoms. The van der Waals surface area contributed by atoms with Crippen LogP contribution in [0, 0.1) is 12.3 Å². The third-order valence-corrected chi connectivity index (χ3v) is 4.10. The molecular weight excluding hydrogens is 330 g/mol. The van der Waals surface area contributed by atoms with Crippen molar-refractivity contribution >= 4 is 32.8 Å². The van der Waals surface area contributed by atoms with E-state index in [0.717, 1.165) is 28.3 Å². The zero-order valence-electron chi connectivity index (χ0n) is 13.0. The first-order valence-corrected chi connectivity index (χ1v) is 8.30. The van der Waals surface area contributed by atoms with Crippen molar-refractivity contribution in [2.75, 3.05) is 5.33 Å². The molecule has 2 rings (SSSR count). The standard InChI is InChI=1S/C17H22BrNO2/c1-11-5-6-13-12(9-11)10-14(21-13)16(20)19-15(7-8-18)17(2,3)4/h5-6,9-10,15H,7-8H2,1-4H3,(H,19,20). The SMILES string of the molecule is Cc1ccc2oc(C(=O)NC(CCBr)C(C)(C)C)cc2c1. The molecule has 2 aromatic rings. The van der Waals surface area contributed by atoms with Gasteiger partial charge in [-0.2, -0.15) is 0 Å². The van der Waals surface area contributed by atoms with Gasteiger partial charge in [0.05, 0.1) is 0 Å². The Hall–Kier alpha value is -1.29. The second-order valence-corrected chi connectivity index (χ2v) is 7.31. The highest BCUT2D eigenvalue weighted by molar-refractivity contribution is 9.09. The van der Waals surface area contributed by atoms with Gasteiger partial charge >= 0.3 is 0 Å². The quantitative estimate of drug-likeness (QED) is 0.813. The normalized spacial score (nSPS) is 13.4. The summed E-state index contributed by atoms with van der Waals surface area (Å²) in [5.74, 6) is 0.226. The summed E-state index contributed by atoms with van der Waals surface area (Å²) < 4.78 is 5.65. The van der Waals surface area contributed by atoms with Crippen molar-refractivity contribution in [3.05, 3.63) is 35.6 Å². The number of rotatable bonds is 4. The summed E-state index contributed by atoms with van der Waals surface area (Å²) in [6.07, 6.45) is 0.884. The van der Waals surface area contributed by atoms with E-state index < -0.39 is 0 Å². The summed E-state index contributed by atoms with van der Waals surface area (Å²) in [4.78, 5) is 12.4. The van der Waals surface area contributed by atoms with E-state index in [0.29, 0.717) is 5.76 Å². The number of carbonyl (C=O) groups is 1. The molecule has 1 N–H and O–H groups in total. The molecule has 4 heteroatoms. The Morgan fingerprint density at radius 1 is 1.33 bits per heavy atom. The lowest BCUT2D eigenvalue weighted by Gasteiger charge is -2.30. The van der Waals surface area contributed by atoms with Crippen LogP contribution in [0.5, 0.6) is 0 Å². The fourth-order valence-electron chi connectivity index (χ4n) is 2.33. The summed E-state index contributed by atoms with van der Waals surface area (Å²) in [5, 5.41) is 4.91. The molecule has 21 heavy (non-hydrogen) atoms. The van der Waals surface area contributed by atoms with Crippen LogP contribution in [-0.2, 0) is 0 Å². The molecule has 0 aliphatic carbocycles. The number of aryl methyl sites for hydroxylation is 1. The van der Waals surface area contributed by atoms with Gasteiger partial charge in [0.25, 0.3) is 5.91 Å². The number of fused-ring (bicyclic) bond motifs is 1. The van der Waals surface area contributed by atoms with Crippen LogP contribution < -0.4 is 5.32 Å². The molecule has 0 radical (unpaired) electrons. The second kappa shape index (κ2) is 6.22. The Balaban J connectivity index is 2.21. The monoisotopic (exact) mass is 351 g/mol. The molecule has 0 aliphatic rings. The summed E-state index contributed by atoms with van der Waals surface area (Å²) >= 11 is 3.45. The van der Waals surface area contributed by atoms with Gasteiger partial charge in [0.2, 0.25) is 0 Å². The van der Waals surface area contributed by atoms with E-state index >= 15 is 0 Å². The van der Waals surface area contributed by atoms with Gasteiger partial charge in [0.1, 0.15) is 5.58 Å². The van der Waals surface area contributed by atoms with Gasteiger partial charge in [-0.3, -0.25) is 4.79 Å². The number of hydrogen-bond acceptors (Lipinski definition) is 2. The smallest absolute Gasteiger partial charge is 0.287 e. The van der Waals surface area contributed by atoms with Gasteiger partial charge in [-0.1, -0.05) is 48.3 Å². The Kier molecular flexibility index (Phi) is 4.77. The lowest BCUT2D eigenvalue weighted by Crippen LogP contribution is -2.43. The van der Waals surface area contributed by atoms with Crippen LogP contribution >= 0.6 is 15.9 Å². The Labute approximate surface area is 134 Å². The fraction of sp³-hybridized carbons (Fsp3) is 0.471. The van der Waals surface area contributed by atoms with Crippen LogP contribution in [0.25, 0.3) is 11.0 Å². The number of alkyl halides is 1. The molecule has 0 fully saturated rings. The maximum Gasteiger partial charge on any atom is 0.287 e. The van der Waals surface area contributed by atoms with E-state index in [1.54, 1.807) is 0 Å². The van der Waals surface area contributed by atoms with Crippen molar-refractivity contribution in [2.24, 2.45) is 5.41 Å². The molecule has 1 aromatic heterocycles. The highest BCUT2D eigenvalue weighted by Gasteiger charge is 2.27. The second-order valence-electron chi connectivity index (χ2n) is 6.52. The summed E-state index contributed by atoms with van der Waals surface area (Å²) in [6.45, 7) is 8.41. The Morgan fingerprint density at radius 3 is 2.67 bits per heavy atom. The van der Waals surface area contributed by atoms with E-state index in [1.807, 2.05) is 31.2 Å². The minimum Gasteiger partial charge on any atom is -0.451 e. The maximum atomic E-state index is 12.4. The largest absolute Gasteiger partial charge is 0.451 e. The van der Waals surface area contributed by atoms with Crippen molar-refractivity contribution in [1.29, 1.82) is 0 Å². The number of hydrogen-bond donors (Lipinski definition) is 1. The van der Waals surface area contributed by atoms with Gasteiger partial charge < -0.3 is 9.73 Å². The molecule has 1 heterocycles. The fourth-order valence-corrected chi connectivity index (χ4v) is 2.79. The molecule has 1 unspecified atom stereocenters. The average Bonchev–Trinajstić information content (AvgIpc) is 2.80. The minimum atomic E-state index is -0.148. The minimum absolute atomic E-state index is 0.00599. The maximum absolute atomic E-state index is 12.4. The van der Waals surface area contributed by atoms with E-state index in [-0.39, 0.29) is 17.4 Å². The highest BCUT2D eigenvalue weighted by Crippen LogP contribution is 2.24. The van der Waals surface area contributed by atoms with Crippen LogP contribution in [0.1, 0.15) is 43.3 Å². The lowest BCUT2D eigenvalue weighted by molar-refractivity contribution is 0.0874. The molecule has 0 saturated heterocycles. The molecule has 114 valence electrons. The van der Waals surface area contributed by atoms with Gasteiger partial charge in [0, 0.05) is 16.8 Å². The van der Waals surface area contributed by atoms with Gasteiger partial charge in [-0.25, -0.2) is 0 Å². The van der Waals surface area contributed by atoms with Crippen molar-refractivity contribution in [3.63, 3.8) is 0 Å². The van der Waals surface area contributed by atoms with Crippen LogP contribution in [0.4, 0.5) is 0 Å². The number of halogens is 1. The predicted octanol–water partition coefficient (Wildman–Crippen LogP) is 4.67. The number of benzene rings is 1. The van der Waals surface area contributed by atoms with E-state index in [4.69, 9.17) is 4.42 Å². The number of nitrogens with one attached hydrogen (secondary N) is 1. The first-order chi connectivity index (χ1) is 9.81. The van der Waals surface area contributed by atoms with Crippen molar-refractivity contribution in [2.45, 2.75) is 40.2 Å². The summed E-state index contributed by atoms with van der Waals surface area (Å²) in [6, 6.07) is 7.82. The first kappa shape index (κ1) is 16.1. The zero-order chi connectivity index (χ0) is 15.6. The molecular formula is C17H22BrNO2. The number of carbonyl (C=O) groups excluding carboxylic acids is 1. The molecule has 0 saturated carbocycles. The molecule has 3 nitrogen and oxygen atoms in total. The van der Waals surface area contributed by atoms with Crippen LogP contribution in [0.3, 0.4) is 0 Å². The van der Waals surface area contributed by atoms with E-state index in [2.05, 4.69) is 42.0 Å². The summed E-state index contributed by atoms with van der Waals surface area (Å²) in [5.41, 5.74) is 1.91. The topological polar surface area (TPSA) is 42.2 Å². The molecule has 1 atom stereocenters. The Bertz CT molecular complexity index is 640. The number of furan rings is 1. The third kappa shape index (κ3) is 3.88. The third-order valence-electron chi connectivity index (χ3n) is 3.64. The first-order valence-electron chi connectivity index (χ1n) is 7.18. The van der Waals surface area contributed by atoms with Crippen molar-refractivity contribution < 1.29 is 9.21 Å². The lowest BCUT2D eigenvalue weighted by atomic mass is 9.85. The van der Waals surface area contributed by atoms with Crippen LogP contribution in [0.2, 0.25) is 0 Å². The average molecular weight is 352 g/mol. The van der Waals surface area contributed by atoms with E-state index in [1.165, 1.54) is 0 Å². The molecule has 1 aromatic carbocycles. The zero-order valence-corrected chi connectivity index (χ0v) is 14.6. The summed E-state index contributed by atoms with van der Waals surface area (Å²) in [7, 11) is 0. The molecule has 1 amide bonds. The number of amides is 1. The highest BCUT2D eigenvalue weighted by atomic mass is 79.9. The van der Waals surface area contributed by atoms with Gasteiger partial charge in [-0.15, -0.1) is 0 Å². The molecule has 0 spiro atoms. The molecule has 0 aliphatic heterocycles. The van der Waals surface area contributed by atoms with Gasteiger partial charge in [-0.05, 0) is 37.0 Å². The van der Waals surface area contributed by atoms with Crippen LogP contribution in [-0.4, -0.2) is 17.3 Å². The van der Waals surface area contributed by atoms with Crippen molar-refractivity contribution in [1.82, 2.24) is 5.32 Å². The van der Waals surface area contributed by atoms with Crippen LogP contribution in [0.15, 0.2) is 28.7 Å². The van der Waals surface area contributed by atoms with Gasteiger partial charge in [0.15, 0.2) is 5.76 Å². The predicted molar refractivity (Wildman–Crippen MR) is 90.1 cm³/mol. The van der Waals surface area contributed by atoms with Crippen molar-refractivity contribution in [3.8, 4) is 0 Å².